The maximum atomic E-state index is 14.7. The number of methoxy groups -OCH3 is 2. The van der Waals surface area contributed by atoms with E-state index in [0.29, 0.717) is 6.61 Å². The van der Waals surface area contributed by atoms with E-state index in [2.05, 4.69) is 33.9 Å². The highest BCUT2D eigenvalue weighted by molar-refractivity contribution is 6.74. The largest absolute Gasteiger partial charge is 0.409 e. The Morgan fingerprint density at radius 3 is 1.58 bits per heavy atom. The monoisotopic (exact) mass is 842 g/mol. The zero-order valence-corrected chi connectivity index (χ0v) is 37.7. The molecule has 1 saturated heterocycles. The summed E-state index contributed by atoms with van der Waals surface area (Å²) < 4.78 is 51.8. The van der Waals surface area contributed by atoms with Gasteiger partial charge in [-0.05, 0) is 47.3 Å². The van der Waals surface area contributed by atoms with E-state index in [4.69, 9.17) is 37.6 Å². The van der Waals surface area contributed by atoms with Crippen LogP contribution in [0.4, 0.5) is 0 Å². The van der Waals surface area contributed by atoms with Crippen LogP contribution in [-0.4, -0.2) is 88.5 Å². The molecular weight excluding hydrogens is 777 g/mol. The van der Waals surface area contributed by atoms with E-state index in [1.165, 1.54) is 0 Å². The van der Waals surface area contributed by atoms with Crippen molar-refractivity contribution < 1.29 is 47.5 Å². The van der Waals surface area contributed by atoms with E-state index in [9.17, 15) is 9.90 Å². The predicted octanol–water partition coefficient (Wildman–Crippen LogP) is 8.84. The Hall–Kier alpha value is -3.59. The summed E-state index contributed by atoms with van der Waals surface area (Å²) in [5.74, 6) is -0.461. The van der Waals surface area contributed by atoms with Gasteiger partial charge in [0.1, 0.15) is 18.3 Å². The van der Waals surface area contributed by atoms with E-state index >= 15 is 0 Å². The molecule has 0 bridgehead atoms. The summed E-state index contributed by atoms with van der Waals surface area (Å²) in [5, 5.41) is 12.3. The molecule has 1 aliphatic heterocycles. The molecule has 0 spiro atoms. The summed E-state index contributed by atoms with van der Waals surface area (Å²) in [6.07, 6.45) is -5.81. The maximum absolute atomic E-state index is 14.7. The fourth-order valence-corrected chi connectivity index (χ4v) is 8.41. The van der Waals surface area contributed by atoms with Gasteiger partial charge >= 0.3 is 0 Å². The van der Waals surface area contributed by atoms with Crippen LogP contribution in [0.15, 0.2) is 121 Å². The molecule has 8 atom stereocenters. The molecule has 60 heavy (non-hydrogen) atoms. The van der Waals surface area contributed by atoms with Crippen molar-refractivity contribution in [3.05, 3.63) is 144 Å². The number of hydrogen-bond acceptors (Lipinski definition) is 10. The van der Waals surface area contributed by atoms with Crippen LogP contribution in [0.25, 0.3) is 0 Å². The lowest BCUT2D eigenvalue weighted by Gasteiger charge is -2.48. The first kappa shape index (κ1) is 47.5. The molecule has 0 aromatic heterocycles. The van der Waals surface area contributed by atoms with Gasteiger partial charge in [-0.2, -0.15) is 0 Å². The minimum Gasteiger partial charge on any atom is -0.409 e. The molecular formula is C49H66O10Si. The van der Waals surface area contributed by atoms with Crippen molar-refractivity contribution in [3.8, 4) is 0 Å². The van der Waals surface area contributed by atoms with E-state index in [1.807, 2.05) is 121 Å². The van der Waals surface area contributed by atoms with Crippen molar-refractivity contribution >= 4 is 14.1 Å². The Kier molecular flexibility index (Phi) is 17.8. The SMILES string of the molecule is CO[C@H]1O[C@H](C)[C@@](O)(C(=O)C[C@H](OC)[C@@H](OCc2ccccc2)[C@@H](OCc2ccccc2)[C@@H](COCc2ccccc2)OCc2ccccc2)C[C@H]1O[Si](C)(C)C(C)(C)C. The smallest absolute Gasteiger partial charge is 0.192 e. The van der Waals surface area contributed by atoms with Crippen LogP contribution in [0, 0.1) is 0 Å². The molecule has 0 saturated carbocycles. The van der Waals surface area contributed by atoms with Crippen molar-refractivity contribution in [2.24, 2.45) is 0 Å². The zero-order chi connectivity index (χ0) is 43.2. The number of rotatable bonds is 23. The van der Waals surface area contributed by atoms with Crippen molar-refractivity contribution in [2.45, 2.75) is 134 Å². The topological polar surface area (TPSA) is 111 Å². The minimum absolute atomic E-state index is 0.00589. The van der Waals surface area contributed by atoms with Gasteiger partial charge in [-0.3, -0.25) is 4.79 Å². The van der Waals surface area contributed by atoms with Crippen LogP contribution in [0.1, 0.15) is 62.8 Å². The van der Waals surface area contributed by atoms with Gasteiger partial charge in [0, 0.05) is 27.1 Å². The standard InChI is InChI=1S/C49H66O10Si/c1-36-49(51,30-42(47(53-6)58-36)59-60(7,8)48(2,3)4)44(50)29-41(52-5)45(56-33-39-25-17-11-18-26-39)46(57-34-40-27-19-12-20-28-40)43(55-32-38-23-15-10-16-24-38)35-54-31-37-21-13-9-14-22-37/h9-28,36,41-43,45-47,51H,29-35H2,1-8H3/t36-,41+,42-,43-,45-,46+,47+,49-/m1/s1. The van der Waals surface area contributed by atoms with Gasteiger partial charge in [-0.25, -0.2) is 0 Å². The van der Waals surface area contributed by atoms with Gasteiger partial charge in [-0.1, -0.05) is 142 Å². The Labute approximate surface area is 358 Å². The molecule has 4 aromatic rings. The molecule has 1 heterocycles. The quantitative estimate of drug-likeness (QED) is 0.0728. The highest BCUT2D eigenvalue weighted by Gasteiger charge is 2.54. The third-order valence-corrected chi connectivity index (χ3v) is 16.3. The molecule has 0 amide bonds. The van der Waals surface area contributed by atoms with E-state index in [1.54, 1.807) is 21.1 Å². The molecule has 326 valence electrons. The first-order valence-corrected chi connectivity index (χ1v) is 23.9. The second-order valence-electron chi connectivity index (χ2n) is 17.2. The van der Waals surface area contributed by atoms with Gasteiger partial charge in [0.15, 0.2) is 26.0 Å². The van der Waals surface area contributed by atoms with Gasteiger partial charge in [-0.15, -0.1) is 0 Å². The van der Waals surface area contributed by atoms with Crippen molar-refractivity contribution in [3.63, 3.8) is 0 Å². The molecule has 1 aliphatic rings. The number of ketones is 1. The third kappa shape index (κ3) is 13.2. The van der Waals surface area contributed by atoms with Crippen LogP contribution in [0.2, 0.25) is 18.1 Å². The molecule has 10 nitrogen and oxygen atoms in total. The first-order valence-electron chi connectivity index (χ1n) is 21.0. The number of aliphatic hydroxyl groups is 1. The zero-order valence-electron chi connectivity index (χ0n) is 36.7. The van der Waals surface area contributed by atoms with Gasteiger partial charge < -0.3 is 42.7 Å². The molecule has 0 unspecified atom stereocenters. The predicted molar refractivity (Wildman–Crippen MR) is 235 cm³/mol. The number of carbonyl (C=O) groups is 1. The van der Waals surface area contributed by atoms with Gasteiger partial charge in [0.05, 0.1) is 51.3 Å². The summed E-state index contributed by atoms with van der Waals surface area (Å²) in [6, 6.07) is 39.6. The number of hydrogen-bond donors (Lipinski definition) is 1. The fraction of sp³-hybridized carbons (Fsp3) is 0.490. The minimum atomic E-state index is -2.37. The molecule has 0 aliphatic carbocycles. The molecule has 1 N–H and O–H groups in total. The average Bonchev–Trinajstić information content (AvgIpc) is 3.24. The van der Waals surface area contributed by atoms with Crippen molar-refractivity contribution in [1.29, 1.82) is 0 Å². The average molecular weight is 843 g/mol. The lowest BCUT2D eigenvalue weighted by Crippen LogP contribution is -2.62. The lowest BCUT2D eigenvalue weighted by molar-refractivity contribution is -0.271. The summed E-state index contributed by atoms with van der Waals surface area (Å²) in [7, 11) is 0.731. The number of carbonyl (C=O) groups excluding carboxylic acids is 1. The number of benzene rings is 4. The molecule has 0 radical (unpaired) electrons. The van der Waals surface area contributed by atoms with E-state index in [0.717, 1.165) is 22.3 Å². The fourth-order valence-electron chi connectivity index (χ4n) is 7.11. The van der Waals surface area contributed by atoms with Crippen LogP contribution >= 0.6 is 0 Å². The van der Waals surface area contributed by atoms with Gasteiger partial charge in [0.25, 0.3) is 0 Å². The summed E-state index contributed by atoms with van der Waals surface area (Å²) in [6.45, 7) is 13.6. The Morgan fingerprint density at radius 2 is 1.15 bits per heavy atom. The molecule has 4 aromatic carbocycles. The van der Waals surface area contributed by atoms with Crippen LogP contribution < -0.4 is 0 Å². The van der Waals surface area contributed by atoms with Crippen LogP contribution in [-0.2, 0) is 68.8 Å². The normalized spacial score (nSPS) is 21.9. The summed E-state index contributed by atoms with van der Waals surface area (Å²) >= 11 is 0. The molecule has 11 heteroatoms. The highest BCUT2D eigenvalue weighted by Crippen LogP contribution is 2.42. The first-order chi connectivity index (χ1) is 28.7. The Balaban J connectivity index is 1.50. The summed E-state index contributed by atoms with van der Waals surface area (Å²) in [4.78, 5) is 14.7. The van der Waals surface area contributed by atoms with Gasteiger partial charge in [0.2, 0.25) is 0 Å². The highest BCUT2D eigenvalue weighted by atomic mass is 28.4. The Bertz CT molecular complexity index is 1820. The number of ether oxygens (including phenoxy) is 7. The molecule has 5 rings (SSSR count). The Morgan fingerprint density at radius 1 is 0.717 bits per heavy atom. The lowest BCUT2D eigenvalue weighted by atomic mass is 9.81. The van der Waals surface area contributed by atoms with E-state index in [-0.39, 0.29) is 44.3 Å². The molecule has 1 fully saturated rings. The van der Waals surface area contributed by atoms with Crippen molar-refractivity contribution in [2.75, 3.05) is 20.8 Å². The maximum Gasteiger partial charge on any atom is 0.192 e. The summed E-state index contributed by atoms with van der Waals surface area (Å²) in [5.41, 5.74) is 1.96. The van der Waals surface area contributed by atoms with E-state index < -0.39 is 62.6 Å². The second kappa shape index (κ2) is 22.5. The third-order valence-electron chi connectivity index (χ3n) is 11.8. The van der Waals surface area contributed by atoms with Crippen molar-refractivity contribution in [1.82, 2.24) is 0 Å². The van der Waals surface area contributed by atoms with Crippen LogP contribution in [0.5, 0.6) is 0 Å². The van der Waals surface area contributed by atoms with Crippen LogP contribution in [0.3, 0.4) is 0 Å². The number of Topliss-reactive ketones (excluding diaryl/α,β-unsaturated/α-hetero) is 1. The second-order valence-corrected chi connectivity index (χ2v) is 21.9.